The molecule has 6 heteroatoms. The van der Waals surface area contributed by atoms with Gasteiger partial charge in [0, 0.05) is 10.5 Å². The second-order valence-corrected chi connectivity index (χ2v) is 5.63. The number of ether oxygens (including phenoxy) is 1. The van der Waals surface area contributed by atoms with E-state index in [0.29, 0.717) is 17.3 Å². The number of methoxy groups -OCH3 is 1. The van der Waals surface area contributed by atoms with Crippen LogP contribution in [0.4, 0.5) is 4.39 Å². The summed E-state index contributed by atoms with van der Waals surface area (Å²) in [4.78, 5) is 4.46. The number of fused-ring (bicyclic) bond motifs is 1. The fraction of sp³-hybridized carbons (Fsp3) is 0.133. The van der Waals surface area contributed by atoms with E-state index in [1.165, 1.54) is 6.07 Å². The zero-order chi connectivity index (χ0) is 15.0. The Kier molecular flexibility index (Phi) is 3.87. The zero-order valence-electron chi connectivity index (χ0n) is 11.1. The van der Waals surface area contributed by atoms with E-state index < -0.39 is 0 Å². The number of hydrogen-bond donors (Lipinski definition) is 0. The molecule has 21 heavy (non-hydrogen) atoms. The number of nitrogens with zero attached hydrogens (tertiary/aromatic N) is 2. The van der Waals surface area contributed by atoms with Gasteiger partial charge in [0.15, 0.2) is 0 Å². The molecule has 108 valence electrons. The van der Waals surface area contributed by atoms with E-state index in [1.807, 2.05) is 18.2 Å². The van der Waals surface area contributed by atoms with E-state index in [2.05, 4.69) is 20.9 Å². The third kappa shape index (κ3) is 2.51. The van der Waals surface area contributed by atoms with Crippen LogP contribution in [0, 0.1) is 5.82 Å². The summed E-state index contributed by atoms with van der Waals surface area (Å²) < 4.78 is 22.0. The lowest BCUT2D eigenvalue weighted by molar-refractivity contribution is 0.413. The molecule has 0 N–H and O–H groups in total. The van der Waals surface area contributed by atoms with Crippen molar-refractivity contribution in [1.82, 2.24) is 9.55 Å². The highest BCUT2D eigenvalue weighted by Gasteiger charge is 2.15. The minimum Gasteiger partial charge on any atom is -0.497 e. The molecule has 0 saturated heterocycles. The average Bonchev–Trinajstić information content (AvgIpc) is 2.85. The summed E-state index contributed by atoms with van der Waals surface area (Å²) in [7, 11) is 1.54. The van der Waals surface area contributed by atoms with Gasteiger partial charge in [0.1, 0.15) is 17.4 Å². The van der Waals surface area contributed by atoms with Gasteiger partial charge in [-0.15, -0.1) is 11.6 Å². The molecule has 3 nitrogen and oxygen atoms in total. The van der Waals surface area contributed by atoms with Crippen molar-refractivity contribution in [2.45, 2.75) is 5.88 Å². The van der Waals surface area contributed by atoms with Gasteiger partial charge in [-0.2, -0.15) is 0 Å². The van der Waals surface area contributed by atoms with Crippen LogP contribution in [0.2, 0.25) is 0 Å². The Balaban J connectivity index is 2.33. The Morgan fingerprint density at radius 1 is 1.29 bits per heavy atom. The number of benzene rings is 2. The minimum absolute atomic E-state index is 0.183. The van der Waals surface area contributed by atoms with Crippen molar-refractivity contribution in [2.24, 2.45) is 0 Å². The summed E-state index contributed by atoms with van der Waals surface area (Å²) >= 11 is 9.38. The van der Waals surface area contributed by atoms with Crippen molar-refractivity contribution in [1.29, 1.82) is 0 Å². The molecule has 0 radical (unpaired) electrons. The number of halogens is 3. The summed E-state index contributed by atoms with van der Waals surface area (Å²) in [5.41, 5.74) is 1.91. The highest BCUT2D eigenvalue weighted by atomic mass is 79.9. The molecule has 0 aliphatic heterocycles. The molecule has 3 aromatic rings. The molecular weight excluding hydrogens is 359 g/mol. The minimum atomic E-state index is -0.357. The van der Waals surface area contributed by atoms with Gasteiger partial charge in [0.25, 0.3) is 0 Å². The number of hydrogen-bond acceptors (Lipinski definition) is 2. The lowest BCUT2D eigenvalue weighted by atomic mass is 10.2. The number of imidazole rings is 1. The maximum Gasteiger partial charge on any atom is 0.147 e. The first kappa shape index (κ1) is 14.4. The smallest absolute Gasteiger partial charge is 0.147 e. The van der Waals surface area contributed by atoms with Crippen molar-refractivity contribution < 1.29 is 9.13 Å². The molecule has 1 heterocycles. The molecule has 0 atom stereocenters. The van der Waals surface area contributed by atoms with E-state index >= 15 is 0 Å². The van der Waals surface area contributed by atoms with Gasteiger partial charge in [-0.05, 0) is 30.3 Å². The second kappa shape index (κ2) is 5.66. The Hall–Kier alpha value is -1.59. The van der Waals surface area contributed by atoms with E-state index in [1.54, 1.807) is 23.8 Å². The molecule has 1 aromatic heterocycles. The predicted molar refractivity (Wildman–Crippen MR) is 84.8 cm³/mol. The van der Waals surface area contributed by atoms with Crippen LogP contribution in [0.5, 0.6) is 5.75 Å². The molecule has 3 rings (SSSR count). The van der Waals surface area contributed by atoms with Gasteiger partial charge in [-0.3, -0.25) is 4.57 Å². The van der Waals surface area contributed by atoms with Gasteiger partial charge in [0.2, 0.25) is 0 Å². The van der Waals surface area contributed by atoms with E-state index in [9.17, 15) is 4.39 Å². The molecule has 0 aliphatic rings. The van der Waals surface area contributed by atoms with Crippen LogP contribution in [-0.4, -0.2) is 16.7 Å². The predicted octanol–water partition coefficient (Wildman–Crippen LogP) is 4.67. The summed E-state index contributed by atoms with van der Waals surface area (Å²) in [6.07, 6.45) is 0. The van der Waals surface area contributed by atoms with Crippen LogP contribution >= 0.6 is 27.5 Å². The van der Waals surface area contributed by atoms with Gasteiger partial charge >= 0.3 is 0 Å². The standard InChI is InChI=1S/C15H11BrClFN2O/c1-21-10-3-4-11(18)14(7-10)20-13-5-2-9(16)6-12(13)19-15(20)8-17/h2-7H,8H2,1H3. The normalized spacial score (nSPS) is 11.0. The highest BCUT2D eigenvalue weighted by molar-refractivity contribution is 9.10. The number of alkyl halides is 1. The fourth-order valence-electron chi connectivity index (χ4n) is 2.25. The lowest BCUT2D eigenvalue weighted by Crippen LogP contribution is -2.02. The first-order valence-electron chi connectivity index (χ1n) is 6.21. The zero-order valence-corrected chi connectivity index (χ0v) is 13.4. The first-order valence-corrected chi connectivity index (χ1v) is 7.53. The Morgan fingerprint density at radius 3 is 2.81 bits per heavy atom. The highest BCUT2D eigenvalue weighted by Crippen LogP contribution is 2.28. The van der Waals surface area contributed by atoms with E-state index in [4.69, 9.17) is 16.3 Å². The molecule has 0 fully saturated rings. The average molecular weight is 370 g/mol. The van der Waals surface area contributed by atoms with Crippen LogP contribution in [0.15, 0.2) is 40.9 Å². The van der Waals surface area contributed by atoms with Crippen LogP contribution < -0.4 is 4.74 Å². The fourth-order valence-corrected chi connectivity index (χ4v) is 2.78. The molecule has 0 aliphatic carbocycles. The SMILES string of the molecule is COc1ccc(F)c(-n2c(CCl)nc3cc(Br)ccc32)c1. The maximum absolute atomic E-state index is 14.2. The van der Waals surface area contributed by atoms with Crippen molar-refractivity contribution in [3.63, 3.8) is 0 Å². The van der Waals surface area contributed by atoms with Gasteiger partial charge in [-0.1, -0.05) is 15.9 Å². The largest absolute Gasteiger partial charge is 0.497 e. The lowest BCUT2D eigenvalue weighted by Gasteiger charge is -2.10. The third-order valence-electron chi connectivity index (χ3n) is 3.20. The van der Waals surface area contributed by atoms with Crippen LogP contribution in [0.1, 0.15) is 5.82 Å². The maximum atomic E-state index is 14.2. The topological polar surface area (TPSA) is 27.1 Å². The Labute approximate surface area is 134 Å². The first-order chi connectivity index (χ1) is 10.1. The van der Waals surface area contributed by atoms with E-state index in [-0.39, 0.29) is 11.7 Å². The summed E-state index contributed by atoms with van der Waals surface area (Å²) in [5, 5.41) is 0. The van der Waals surface area contributed by atoms with Crippen LogP contribution in [-0.2, 0) is 5.88 Å². The summed E-state index contributed by atoms with van der Waals surface area (Å²) in [5.74, 6) is 0.982. The Morgan fingerprint density at radius 2 is 2.10 bits per heavy atom. The second-order valence-electron chi connectivity index (χ2n) is 4.45. The molecule has 0 unspecified atom stereocenters. The van der Waals surface area contributed by atoms with Crippen molar-refractivity contribution in [2.75, 3.05) is 7.11 Å². The van der Waals surface area contributed by atoms with Crippen LogP contribution in [0.3, 0.4) is 0 Å². The van der Waals surface area contributed by atoms with Crippen molar-refractivity contribution in [3.05, 3.63) is 52.5 Å². The van der Waals surface area contributed by atoms with Gasteiger partial charge < -0.3 is 4.74 Å². The molecule has 2 aromatic carbocycles. The van der Waals surface area contributed by atoms with Crippen molar-refractivity contribution in [3.8, 4) is 11.4 Å². The Bertz CT molecular complexity index is 819. The quantitative estimate of drug-likeness (QED) is 0.627. The monoisotopic (exact) mass is 368 g/mol. The molecule has 0 bridgehead atoms. The van der Waals surface area contributed by atoms with Crippen molar-refractivity contribution >= 4 is 38.6 Å². The van der Waals surface area contributed by atoms with Crippen LogP contribution in [0.25, 0.3) is 16.7 Å². The number of rotatable bonds is 3. The molecule has 0 amide bonds. The summed E-state index contributed by atoms with van der Waals surface area (Å²) in [6.45, 7) is 0. The molecular formula is C15H11BrClFN2O. The number of aromatic nitrogens is 2. The molecule has 0 spiro atoms. The third-order valence-corrected chi connectivity index (χ3v) is 3.93. The summed E-state index contributed by atoms with van der Waals surface area (Å²) in [6, 6.07) is 10.2. The molecule has 0 saturated carbocycles. The van der Waals surface area contributed by atoms with E-state index in [0.717, 1.165) is 15.5 Å². The van der Waals surface area contributed by atoms with Gasteiger partial charge in [-0.25, -0.2) is 9.37 Å². The van der Waals surface area contributed by atoms with Gasteiger partial charge in [0.05, 0.1) is 29.7 Å².